The van der Waals surface area contributed by atoms with E-state index in [4.69, 9.17) is 4.74 Å². The van der Waals surface area contributed by atoms with Crippen LogP contribution >= 0.6 is 0 Å². The fourth-order valence-corrected chi connectivity index (χ4v) is 2.57. The minimum atomic E-state index is 0.766. The van der Waals surface area contributed by atoms with Crippen LogP contribution in [0.25, 0.3) is 0 Å². The number of hydrogen-bond donors (Lipinski definition) is 1. The molecule has 19 heavy (non-hydrogen) atoms. The van der Waals surface area contributed by atoms with E-state index in [1.54, 1.807) is 7.11 Å². The Labute approximate surface area is 116 Å². The van der Waals surface area contributed by atoms with Crippen molar-refractivity contribution >= 4 is 0 Å². The average molecular weight is 263 g/mol. The van der Waals surface area contributed by atoms with E-state index < -0.39 is 0 Å². The van der Waals surface area contributed by atoms with E-state index in [2.05, 4.69) is 21.3 Å². The van der Waals surface area contributed by atoms with Crippen LogP contribution in [-0.2, 0) is 11.3 Å². The number of nitrogens with one attached hydrogen (secondary N) is 1. The molecular weight excluding hydrogens is 238 g/mol. The lowest BCUT2D eigenvalue weighted by molar-refractivity contribution is 0.0998. The van der Waals surface area contributed by atoms with Crippen LogP contribution in [0.1, 0.15) is 18.5 Å². The molecular formula is C15H25N3O. The Balaban J connectivity index is 1.55. The average Bonchev–Trinajstić information content (AvgIpc) is 2.47. The maximum absolute atomic E-state index is 5.23. The summed E-state index contributed by atoms with van der Waals surface area (Å²) in [6.45, 7) is 6.36. The number of pyridine rings is 1. The molecule has 0 atom stereocenters. The third kappa shape index (κ3) is 5.27. The molecule has 0 unspecified atom stereocenters. The summed E-state index contributed by atoms with van der Waals surface area (Å²) in [7, 11) is 1.80. The van der Waals surface area contributed by atoms with Gasteiger partial charge in [-0.2, -0.15) is 0 Å². The molecule has 2 rings (SSSR count). The highest BCUT2D eigenvalue weighted by Gasteiger charge is 2.18. The lowest BCUT2D eigenvalue weighted by Gasteiger charge is -2.31. The maximum atomic E-state index is 5.23. The van der Waals surface area contributed by atoms with Crippen LogP contribution in [0.15, 0.2) is 24.4 Å². The molecule has 0 amide bonds. The van der Waals surface area contributed by atoms with Crippen molar-refractivity contribution in [1.82, 2.24) is 15.2 Å². The number of piperidine rings is 1. The summed E-state index contributed by atoms with van der Waals surface area (Å²) in [6.07, 6.45) is 4.39. The lowest BCUT2D eigenvalue weighted by Crippen LogP contribution is -2.39. The van der Waals surface area contributed by atoms with Crippen molar-refractivity contribution in [2.45, 2.75) is 19.4 Å². The first-order chi connectivity index (χ1) is 9.38. The molecule has 0 aromatic carbocycles. The first kappa shape index (κ1) is 14.4. The number of methoxy groups -OCH3 is 1. The van der Waals surface area contributed by atoms with E-state index in [-0.39, 0.29) is 0 Å². The summed E-state index contributed by atoms with van der Waals surface area (Å²) in [5.74, 6) is 0.766. The summed E-state index contributed by atoms with van der Waals surface area (Å²) in [4.78, 5) is 6.84. The Morgan fingerprint density at radius 2 is 2.21 bits per heavy atom. The van der Waals surface area contributed by atoms with Gasteiger partial charge in [-0.1, -0.05) is 6.07 Å². The second-order valence-electron chi connectivity index (χ2n) is 5.24. The van der Waals surface area contributed by atoms with Crippen LogP contribution in [0.2, 0.25) is 0 Å². The van der Waals surface area contributed by atoms with Gasteiger partial charge in [0, 0.05) is 39.5 Å². The number of ether oxygens (including phenoxy) is 1. The van der Waals surface area contributed by atoms with Gasteiger partial charge in [-0.3, -0.25) is 4.98 Å². The zero-order valence-electron chi connectivity index (χ0n) is 11.8. The number of likely N-dealkylation sites (tertiary alicyclic amines) is 1. The topological polar surface area (TPSA) is 37.4 Å². The molecule has 4 heteroatoms. The molecule has 1 fully saturated rings. The van der Waals surface area contributed by atoms with Gasteiger partial charge in [0.15, 0.2) is 0 Å². The predicted molar refractivity (Wildman–Crippen MR) is 77.0 cm³/mol. The van der Waals surface area contributed by atoms with Crippen LogP contribution in [0.5, 0.6) is 0 Å². The molecule has 1 saturated heterocycles. The molecule has 0 aliphatic carbocycles. The third-order valence-electron chi connectivity index (χ3n) is 3.75. The molecule has 4 nitrogen and oxygen atoms in total. The molecule has 1 aliphatic rings. The highest BCUT2D eigenvalue weighted by molar-refractivity contribution is 5.02. The van der Waals surface area contributed by atoms with Gasteiger partial charge in [-0.15, -0.1) is 0 Å². The zero-order chi connectivity index (χ0) is 13.3. The standard InChI is InChI=1S/C15H25N3O/c1-19-13-14-5-9-18(10-6-14)11-8-16-12-15-4-2-3-7-17-15/h2-4,7,14,16H,5-6,8-13H2,1H3. The van der Waals surface area contributed by atoms with Gasteiger partial charge in [-0.25, -0.2) is 0 Å². The molecule has 0 bridgehead atoms. The largest absolute Gasteiger partial charge is 0.384 e. The second-order valence-corrected chi connectivity index (χ2v) is 5.24. The van der Waals surface area contributed by atoms with Crippen molar-refractivity contribution in [2.75, 3.05) is 39.9 Å². The summed E-state index contributed by atoms with van der Waals surface area (Å²) in [6, 6.07) is 6.04. The van der Waals surface area contributed by atoms with Crippen molar-refractivity contribution in [2.24, 2.45) is 5.92 Å². The minimum Gasteiger partial charge on any atom is -0.384 e. The van der Waals surface area contributed by atoms with Crippen LogP contribution in [0, 0.1) is 5.92 Å². The lowest BCUT2D eigenvalue weighted by atomic mass is 9.98. The fourth-order valence-electron chi connectivity index (χ4n) is 2.57. The van der Waals surface area contributed by atoms with Gasteiger partial charge in [0.05, 0.1) is 5.69 Å². The highest BCUT2D eigenvalue weighted by Crippen LogP contribution is 2.16. The van der Waals surface area contributed by atoms with Crippen molar-refractivity contribution in [1.29, 1.82) is 0 Å². The first-order valence-corrected chi connectivity index (χ1v) is 7.20. The summed E-state index contributed by atoms with van der Waals surface area (Å²) < 4.78 is 5.23. The van der Waals surface area contributed by atoms with Gasteiger partial charge < -0.3 is 15.0 Å². The molecule has 1 aromatic heterocycles. The molecule has 1 aliphatic heterocycles. The van der Waals surface area contributed by atoms with Crippen LogP contribution in [-0.4, -0.2) is 49.8 Å². The summed E-state index contributed by atoms with van der Waals surface area (Å²) >= 11 is 0. The van der Waals surface area contributed by atoms with E-state index in [9.17, 15) is 0 Å². The number of rotatable bonds is 7. The van der Waals surface area contributed by atoms with Crippen molar-refractivity contribution < 1.29 is 4.74 Å². The van der Waals surface area contributed by atoms with Crippen LogP contribution in [0.3, 0.4) is 0 Å². The fraction of sp³-hybridized carbons (Fsp3) is 0.667. The number of aromatic nitrogens is 1. The molecule has 1 aromatic rings. The first-order valence-electron chi connectivity index (χ1n) is 7.20. The summed E-state index contributed by atoms with van der Waals surface area (Å²) in [5, 5.41) is 3.46. The molecule has 1 N–H and O–H groups in total. The highest BCUT2D eigenvalue weighted by atomic mass is 16.5. The van der Waals surface area contributed by atoms with Gasteiger partial charge in [0.2, 0.25) is 0 Å². The Morgan fingerprint density at radius 1 is 1.37 bits per heavy atom. The molecule has 106 valence electrons. The second kappa shape index (κ2) is 8.25. The van der Waals surface area contributed by atoms with Crippen molar-refractivity contribution in [3.8, 4) is 0 Å². The quantitative estimate of drug-likeness (QED) is 0.757. The van der Waals surface area contributed by atoms with E-state index >= 15 is 0 Å². The molecule has 0 saturated carbocycles. The minimum absolute atomic E-state index is 0.766. The SMILES string of the molecule is COCC1CCN(CCNCc2ccccn2)CC1. The molecule has 0 radical (unpaired) electrons. The Bertz CT molecular complexity index is 337. The van der Waals surface area contributed by atoms with Crippen LogP contribution < -0.4 is 5.32 Å². The van der Waals surface area contributed by atoms with Gasteiger partial charge in [0.1, 0.15) is 0 Å². The van der Waals surface area contributed by atoms with Crippen molar-refractivity contribution in [3.63, 3.8) is 0 Å². The van der Waals surface area contributed by atoms with Gasteiger partial charge in [-0.05, 0) is 44.0 Å². The van der Waals surface area contributed by atoms with Gasteiger partial charge >= 0.3 is 0 Å². The molecule has 2 heterocycles. The monoisotopic (exact) mass is 263 g/mol. The van der Waals surface area contributed by atoms with E-state index in [1.165, 1.54) is 25.9 Å². The van der Waals surface area contributed by atoms with E-state index in [0.29, 0.717) is 0 Å². The Morgan fingerprint density at radius 3 is 2.89 bits per heavy atom. The number of nitrogens with zero attached hydrogens (tertiary/aromatic N) is 2. The maximum Gasteiger partial charge on any atom is 0.0541 e. The zero-order valence-corrected chi connectivity index (χ0v) is 11.8. The van der Waals surface area contributed by atoms with E-state index in [1.807, 2.05) is 18.3 Å². The normalized spacial score (nSPS) is 17.7. The smallest absolute Gasteiger partial charge is 0.0541 e. The Hall–Kier alpha value is -0.970. The predicted octanol–water partition coefficient (Wildman–Crippen LogP) is 1.53. The van der Waals surface area contributed by atoms with Crippen molar-refractivity contribution in [3.05, 3.63) is 30.1 Å². The van der Waals surface area contributed by atoms with Crippen LogP contribution in [0.4, 0.5) is 0 Å². The third-order valence-corrected chi connectivity index (χ3v) is 3.75. The Kier molecular flexibility index (Phi) is 6.27. The summed E-state index contributed by atoms with van der Waals surface area (Å²) in [5.41, 5.74) is 1.11. The van der Waals surface area contributed by atoms with E-state index in [0.717, 1.165) is 37.9 Å². The molecule has 0 spiro atoms. The van der Waals surface area contributed by atoms with Gasteiger partial charge in [0.25, 0.3) is 0 Å². The number of hydrogen-bond acceptors (Lipinski definition) is 4.